The van der Waals surface area contributed by atoms with E-state index in [-0.39, 0.29) is 0 Å². The highest BCUT2D eigenvalue weighted by Crippen LogP contribution is 2.26. The highest BCUT2D eigenvalue weighted by atomic mass is 19.4. The number of aliphatic hydroxyl groups excluding tert-OH is 1. The minimum Gasteiger partial charge on any atom is -0.391 e. The number of nitrogens with zero attached hydrogens (tertiary/aromatic N) is 1. The van der Waals surface area contributed by atoms with Crippen LogP contribution in [0, 0.1) is 0 Å². The van der Waals surface area contributed by atoms with Crippen LogP contribution in [0.2, 0.25) is 0 Å². The fraction of sp³-hybridized carbons (Fsp3) is 0.889. The number of aliphatic hydroxyl groups is 1. The third kappa shape index (κ3) is 2.84. The molecule has 0 spiro atoms. The summed E-state index contributed by atoms with van der Waals surface area (Å²) in [6, 6.07) is -0.701. The second-order valence-electron chi connectivity index (χ2n) is 3.83. The van der Waals surface area contributed by atoms with Crippen LogP contribution in [-0.2, 0) is 4.79 Å². The van der Waals surface area contributed by atoms with Crippen molar-refractivity contribution in [2.75, 3.05) is 7.05 Å². The minimum absolute atomic E-state index is 0.430. The van der Waals surface area contributed by atoms with E-state index in [1.54, 1.807) is 0 Å². The van der Waals surface area contributed by atoms with Crippen molar-refractivity contribution in [3.63, 3.8) is 0 Å². The van der Waals surface area contributed by atoms with E-state index in [0.29, 0.717) is 17.7 Å². The van der Waals surface area contributed by atoms with Crippen LogP contribution >= 0.6 is 0 Å². The van der Waals surface area contributed by atoms with Gasteiger partial charge in [0.2, 0.25) is 0 Å². The van der Waals surface area contributed by atoms with Crippen molar-refractivity contribution in [1.82, 2.24) is 4.90 Å². The summed E-state index contributed by atoms with van der Waals surface area (Å²) in [4.78, 5) is 11.5. The van der Waals surface area contributed by atoms with Crippen molar-refractivity contribution in [1.29, 1.82) is 0 Å². The second kappa shape index (κ2) is 4.38. The van der Waals surface area contributed by atoms with E-state index < -0.39 is 24.2 Å². The van der Waals surface area contributed by atoms with Crippen molar-refractivity contribution in [3.05, 3.63) is 0 Å². The van der Waals surface area contributed by atoms with Crippen LogP contribution in [0.3, 0.4) is 0 Å². The summed E-state index contributed by atoms with van der Waals surface area (Å²) >= 11 is 0. The van der Waals surface area contributed by atoms with Gasteiger partial charge < -0.3 is 10.0 Å². The van der Waals surface area contributed by atoms with Crippen LogP contribution < -0.4 is 0 Å². The molecular weight excluding hydrogens is 211 g/mol. The quantitative estimate of drug-likeness (QED) is 0.731. The van der Waals surface area contributed by atoms with Crippen molar-refractivity contribution >= 4 is 5.91 Å². The van der Waals surface area contributed by atoms with Gasteiger partial charge in [-0.2, -0.15) is 13.2 Å². The Labute approximate surface area is 85.9 Å². The molecule has 88 valence electrons. The first-order valence-electron chi connectivity index (χ1n) is 4.86. The highest BCUT2D eigenvalue weighted by Gasteiger charge is 2.44. The first-order chi connectivity index (χ1) is 6.84. The zero-order valence-corrected chi connectivity index (χ0v) is 8.42. The van der Waals surface area contributed by atoms with E-state index in [1.807, 2.05) is 0 Å². The maximum absolute atomic E-state index is 12.1. The Hall–Kier alpha value is -0.780. The van der Waals surface area contributed by atoms with Gasteiger partial charge in [0, 0.05) is 7.05 Å². The van der Waals surface area contributed by atoms with Gasteiger partial charge in [0.15, 0.2) is 0 Å². The molecule has 0 aromatic heterocycles. The Morgan fingerprint density at radius 2 is 1.87 bits per heavy atom. The van der Waals surface area contributed by atoms with Gasteiger partial charge in [0.1, 0.15) is 0 Å². The summed E-state index contributed by atoms with van der Waals surface area (Å²) in [5.41, 5.74) is 0. The van der Waals surface area contributed by atoms with Gasteiger partial charge in [-0.1, -0.05) is 12.8 Å². The number of carbonyl (C=O) groups is 1. The van der Waals surface area contributed by atoms with Crippen molar-refractivity contribution in [3.8, 4) is 0 Å². The summed E-state index contributed by atoms with van der Waals surface area (Å²) in [6.45, 7) is 0. The van der Waals surface area contributed by atoms with Crippen molar-refractivity contribution < 1.29 is 23.1 Å². The van der Waals surface area contributed by atoms with Gasteiger partial charge in [0.05, 0.1) is 12.1 Å². The summed E-state index contributed by atoms with van der Waals surface area (Å²) in [5, 5.41) is 9.49. The Kier molecular flexibility index (Phi) is 3.59. The zero-order chi connectivity index (χ0) is 11.6. The number of hydrogen-bond donors (Lipinski definition) is 1. The summed E-state index contributed by atoms with van der Waals surface area (Å²) in [5.74, 6) is -1.88. The molecule has 0 aromatic rings. The second-order valence-corrected chi connectivity index (χ2v) is 3.83. The third-order valence-corrected chi connectivity index (χ3v) is 2.75. The number of hydrogen-bond acceptors (Lipinski definition) is 2. The Morgan fingerprint density at radius 3 is 2.33 bits per heavy atom. The van der Waals surface area contributed by atoms with E-state index in [1.165, 1.54) is 0 Å². The molecule has 0 heterocycles. The van der Waals surface area contributed by atoms with E-state index in [4.69, 9.17) is 0 Å². The molecule has 1 aliphatic carbocycles. The zero-order valence-electron chi connectivity index (χ0n) is 8.42. The van der Waals surface area contributed by atoms with Crippen molar-refractivity contribution in [2.45, 2.75) is 44.0 Å². The van der Waals surface area contributed by atoms with E-state index in [9.17, 15) is 23.1 Å². The number of alkyl halides is 3. The molecule has 3 nitrogen and oxygen atoms in total. The predicted molar refractivity (Wildman–Crippen MR) is 47.1 cm³/mol. The lowest BCUT2D eigenvalue weighted by Crippen LogP contribution is -2.50. The maximum Gasteiger partial charge on any atom is 0.471 e. The van der Waals surface area contributed by atoms with Crippen LogP contribution in [0.15, 0.2) is 0 Å². The molecular formula is C9H14F3NO2. The standard InChI is InChI=1S/C9H14F3NO2/c1-13(8(15)9(10,11)12)6-4-2-3-5-7(6)14/h6-7,14H,2-5H2,1H3/t6-,7-/m1/s1. The van der Waals surface area contributed by atoms with Crippen LogP contribution in [0.25, 0.3) is 0 Å². The van der Waals surface area contributed by atoms with E-state index >= 15 is 0 Å². The van der Waals surface area contributed by atoms with E-state index in [0.717, 1.165) is 19.9 Å². The topological polar surface area (TPSA) is 40.5 Å². The number of likely N-dealkylation sites (N-methyl/N-ethyl adjacent to an activating group) is 1. The monoisotopic (exact) mass is 225 g/mol. The van der Waals surface area contributed by atoms with Gasteiger partial charge in [-0.3, -0.25) is 4.79 Å². The Morgan fingerprint density at radius 1 is 1.33 bits per heavy atom. The summed E-state index contributed by atoms with van der Waals surface area (Å²) in [6.07, 6.45) is -3.26. The number of halogens is 3. The molecule has 1 rings (SSSR count). The maximum atomic E-state index is 12.1. The molecule has 0 aliphatic heterocycles. The summed E-state index contributed by atoms with van der Waals surface area (Å²) in [7, 11) is 1.09. The molecule has 1 amide bonds. The van der Waals surface area contributed by atoms with Gasteiger partial charge in [0.25, 0.3) is 0 Å². The molecule has 1 N–H and O–H groups in total. The molecule has 0 bridgehead atoms. The lowest BCUT2D eigenvalue weighted by atomic mass is 9.91. The molecule has 15 heavy (non-hydrogen) atoms. The molecule has 1 aliphatic rings. The lowest BCUT2D eigenvalue weighted by molar-refractivity contribution is -0.188. The van der Waals surface area contributed by atoms with Gasteiger partial charge >= 0.3 is 12.1 Å². The normalized spacial score (nSPS) is 27.5. The first-order valence-corrected chi connectivity index (χ1v) is 4.86. The molecule has 2 atom stereocenters. The van der Waals surface area contributed by atoms with Crippen LogP contribution in [-0.4, -0.2) is 41.3 Å². The SMILES string of the molecule is CN(C(=O)C(F)(F)F)[C@@H]1CCCC[C@H]1O. The fourth-order valence-electron chi connectivity index (χ4n) is 1.89. The van der Waals surface area contributed by atoms with E-state index in [2.05, 4.69) is 0 Å². The number of rotatable bonds is 1. The number of amides is 1. The predicted octanol–water partition coefficient (Wildman–Crippen LogP) is 1.31. The molecule has 1 saturated carbocycles. The smallest absolute Gasteiger partial charge is 0.391 e. The van der Waals surface area contributed by atoms with Gasteiger partial charge in [-0.25, -0.2) is 0 Å². The molecule has 6 heteroatoms. The minimum atomic E-state index is -4.86. The van der Waals surface area contributed by atoms with Crippen LogP contribution in [0.4, 0.5) is 13.2 Å². The molecule has 0 saturated heterocycles. The van der Waals surface area contributed by atoms with Gasteiger partial charge in [-0.15, -0.1) is 0 Å². The number of carbonyl (C=O) groups excluding carboxylic acids is 1. The highest BCUT2D eigenvalue weighted by molar-refractivity contribution is 5.81. The van der Waals surface area contributed by atoms with Crippen LogP contribution in [0.5, 0.6) is 0 Å². The average molecular weight is 225 g/mol. The first kappa shape index (κ1) is 12.3. The largest absolute Gasteiger partial charge is 0.471 e. The van der Waals surface area contributed by atoms with Gasteiger partial charge in [-0.05, 0) is 12.8 Å². The fourth-order valence-corrected chi connectivity index (χ4v) is 1.89. The van der Waals surface area contributed by atoms with Crippen molar-refractivity contribution in [2.24, 2.45) is 0 Å². The Balaban J connectivity index is 2.66. The lowest BCUT2D eigenvalue weighted by Gasteiger charge is -2.35. The molecule has 0 aromatic carbocycles. The van der Waals surface area contributed by atoms with Crippen LogP contribution in [0.1, 0.15) is 25.7 Å². The molecule has 0 radical (unpaired) electrons. The Bertz CT molecular complexity index is 242. The molecule has 0 unspecified atom stereocenters. The average Bonchev–Trinajstić information content (AvgIpc) is 2.15. The summed E-state index contributed by atoms with van der Waals surface area (Å²) < 4.78 is 36.3. The molecule has 1 fully saturated rings. The third-order valence-electron chi connectivity index (χ3n) is 2.75.